The lowest BCUT2D eigenvalue weighted by Crippen LogP contribution is -2.47. The maximum absolute atomic E-state index is 13.8. The Balaban J connectivity index is 1.10. The van der Waals surface area contributed by atoms with Crippen molar-refractivity contribution in [2.45, 2.75) is 56.3 Å². The van der Waals surface area contributed by atoms with Crippen molar-refractivity contribution in [3.05, 3.63) is 120 Å². The number of likely N-dealkylation sites (tertiary alicyclic amines) is 1. The van der Waals surface area contributed by atoms with E-state index in [0.717, 1.165) is 41.6 Å². The molecule has 9 heteroatoms. The number of hydrogen-bond donors (Lipinski definition) is 2. The Morgan fingerprint density at radius 2 is 1.51 bits per heavy atom. The Morgan fingerprint density at radius 3 is 2.19 bits per heavy atom. The van der Waals surface area contributed by atoms with Gasteiger partial charge in [-0.15, -0.1) is 0 Å². The predicted molar refractivity (Wildman–Crippen MR) is 175 cm³/mol. The van der Waals surface area contributed by atoms with Gasteiger partial charge in [0.1, 0.15) is 23.5 Å². The molecule has 0 saturated carbocycles. The molecule has 244 valence electrons. The zero-order valence-corrected chi connectivity index (χ0v) is 26.2. The van der Waals surface area contributed by atoms with Crippen LogP contribution in [0.3, 0.4) is 0 Å². The fourth-order valence-corrected chi connectivity index (χ4v) is 7.06. The topological polar surface area (TPSA) is 70.7 Å². The third kappa shape index (κ3) is 6.90. The second-order valence-corrected chi connectivity index (χ2v) is 12.4. The first-order valence-electron chi connectivity index (χ1n) is 16.1. The van der Waals surface area contributed by atoms with Crippen molar-refractivity contribution in [1.82, 2.24) is 15.5 Å². The molecule has 1 saturated heterocycles. The van der Waals surface area contributed by atoms with E-state index in [2.05, 4.69) is 22.5 Å². The van der Waals surface area contributed by atoms with Crippen molar-refractivity contribution >= 4 is 11.8 Å². The van der Waals surface area contributed by atoms with Crippen LogP contribution >= 0.6 is 0 Å². The van der Waals surface area contributed by atoms with Gasteiger partial charge < -0.3 is 15.4 Å². The number of para-hydroxylation sites is 2. The van der Waals surface area contributed by atoms with E-state index >= 15 is 0 Å². The zero-order chi connectivity index (χ0) is 33.0. The minimum Gasteiger partial charge on any atom is -0.457 e. The van der Waals surface area contributed by atoms with E-state index in [0.29, 0.717) is 36.4 Å². The number of amides is 2. The van der Waals surface area contributed by atoms with Crippen LogP contribution in [0.4, 0.5) is 13.2 Å². The third-order valence-electron chi connectivity index (χ3n) is 9.36. The van der Waals surface area contributed by atoms with E-state index in [-0.39, 0.29) is 18.0 Å². The van der Waals surface area contributed by atoms with Gasteiger partial charge in [0, 0.05) is 25.2 Å². The molecule has 0 bridgehead atoms. The molecule has 2 amide bonds. The van der Waals surface area contributed by atoms with Gasteiger partial charge in [-0.2, -0.15) is 13.2 Å². The van der Waals surface area contributed by atoms with Gasteiger partial charge >= 0.3 is 6.18 Å². The largest absolute Gasteiger partial charge is 0.457 e. The number of carbonyl (C=O) groups is 2. The summed E-state index contributed by atoms with van der Waals surface area (Å²) in [6.45, 7) is 2.23. The van der Waals surface area contributed by atoms with Gasteiger partial charge in [-0.25, -0.2) is 0 Å². The SMILES string of the molecule is CC(CCCC1(C(=O)NCC(F)(F)F)c2ccccc2-c2ccccc21)N1CCC(NC(=O)c2ccccc2Oc2ccccc2)C1. The maximum Gasteiger partial charge on any atom is 0.405 e. The number of halogens is 3. The van der Waals surface area contributed by atoms with Gasteiger partial charge in [-0.05, 0) is 72.7 Å². The minimum atomic E-state index is -4.51. The molecule has 2 N–H and O–H groups in total. The monoisotopic (exact) mass is 641 g/mol. The molecule has 6 nitrogen and oxygen atoms in total. The van der Waals surface area contributed by atoms with Crippen molar-refractivity contribution < 1.29 is 27.5 Å². The second-order valence-electron chi connectivity index (χ2n) is 12.4. The summed E-state index contributed by atoms with van der Waals surface area (Å²) < 4.78 is 45.6. The highest BCUT2D eigenvalue weighted by Crippen LogP contribution is 2.51. The first-order chi connectivity index (χ1) is 22.7. The van der Waals surface area contributed by atoms with Crippen molar-refractivity contribution in [2.24, 2.45) is 0 Å². The smallest absolute Gasteiger partial charge is 0.405 e. The predicted octanol–water partition coefficient (Wildman–Crippen LogP) is 7.49. The average molecular weight is 642 g/mol. The summed E-state index contributed by atoms with van der Waals surface area (Å²) in [6, 6.07) is 31.7. The van der Waals surface area contributed by atoms with Crippen LogP contribution in [0.25, 0.3) is 11.1 Å². The number of fused-ring (bicyclic) bond motifs is 3. The van der Waals surface area contributed by atoms with E-state index in [1.54, 1.807) is 12.1 Å². The first-order valence-corrected chi connectivity index (χ1v) is 16.1. The van der Waals surface area contributed by atoms with Crippen LogP contribution in [0.2, 0.25) is 0 Å². The number of nitrogens with zero attached hydrogens (tertiary/aromatic N) is 1. The van der Waals surface area contributed by atoms with E-state index in [1.807, 2.05) is 91.0 Å². The number of nitrogens with one attached hydrogen (secondary N) is 2. The van der Waals surface area contributed by atoms with Crippen molar-refractivity contribution in [1.29, 1.82) is 0 Å². The van der Waals surface area contributed by atoms with Gasteiger partial charge in [0.2, 0.25) is 5.91 Å². The maximum atomic E-state index is 13.8. The summed E-state index contributed by atoms with van der Waals surface area (Å²) in [5, 5.41) is 5.38. The lowest BCUT2D eigenvalue weighted by atomic mass is 9.73. The molecule has 1 aliphatic carbocycles. The Bertz CT molecular complexity index is 1680. The molecule has 2 unspecified atom stereocenters. The second kappa shape index (κ2) is 13.6. The molecular weight excluding hydrogens is 603 g/mol. The Kier molecular flexibility index (Phi) is 9.36. The number of ether oxygens (including phenoxy) is 1. The molecule has 6 rings (SSSR count). The van der Waals surface area contributed by atoms with Gasteiger partial charge in [0.15, 0.2) is 0 Å². The van der Waals surface area contributed by atoms with E-state index in [4.69, 9.17) is 4.74 Å². The van der Waals surface area contributed by atoms with Crippen molar-refractivity contribution in [2.75, 3.05) is 19.6 Å². The first kappa shape index (κ1) is 32.3. The standard InChI is InChI=1S/C38H38F3N3O3/c1-26(44-23-21-27(24-44)43-35(45)31-17-7-10-20-34(31)47-28-13-3-2-4-14-28)12-11-22-37(36(46)42-25-38(39,40)41)32-18-8-5-15-29(32)30-16-6-9-19-33(30)37/h2-10,13-20,26-27H,11-12,21-25H2,1H3,(H,42,46)(H,43,45). The van der Waals surface area contributed by atoms with Gasteiger partial charge in [0.25, 0.3) is 5.91 Å². The fraction of sp³-hybridized carbons (Fsp3) is 0.316. The van der Waals surface area contributed by atoms with Gasteiger partial charge in [-0.3, -0.25) is 14.5 Å². The Hall–Kier alpha value is -4.63. The average Bonchev–Trinajstić information content (AvgIpc) is 3.65. The van der Waals surface area contributed by atoms with Gasteiger partial charge in [-0.1, -0.05) is 85.3 Å². The molecule has 2 atom stereocenters. The molecule has 47 heavy (non-hydrogen) atoms. The number of benzene rings is 4. The molecule has 1 fully saturated rings. The van der Waals surface area contributed by atoms with Gasteiger partial charge in [0.05, 0.1) is 5.56 Å². The summed E-state index contributed by atoms with van der Waals surface area (Å²) in [7, 11) is 0. The van der Waals surface area contributed by atoms with Crippen LogP contribution < -0.4 is 15.4 Å². The Morgan fingerprint density at radius 1 is 0.894 bits per heavy atom. The van der Waals surface area contributed by atoms with Crippen LogP contribution in [0.15, 0.2) is 103 Å². The lowest BCUT2D eigenvalue weighted by molar-refractivity contribution is -0.141. The molecule has 4 aromatic rings. The molecule has 2 aliphatic rings. The van der Waals surface area contributed by atoms with E-state index in [1.165, 1.54) is 0 Å². The minimum absolute atomic E-state index is 0.0391. The number of rotatable bonds is 11. The molecule has 0 spiro atoms. The van der Waals surface area contributed by atoms with Crippen LogP contribution in [0.5, 0.6) is 11.5 Å². The van der Waals surface area contributed by atoms with Crippen LogP contribution in [-0.4, -0.2) is 54.6 Å². The highest BCUT2D eigenvalue weighted by atomic mass is 19.4. The summed E-state index contributed by atoms with van der Waals surface area (Å²) in [4.78, 5) is 29.4. The number of alkyl halides is 3. The summed E-state index contributed by atoms with van der Waals surface area (Å²) >= 11 is 0. The molecule has 1 aliphatic heterocycles. The van der Waals surface area contributed by atoms with E-state index < -0.39 is 24.0 Å². The van der Waals surface area contributed by atoms with Crippen LogP contribution in [0.1, 0.15) is 54.1 Å². The highest BCUT2D eigenvalue weighted by Gasteiger charge is 2.49. The molecule has 0 aromatic heterocycles. The molecular formula is C38H38F3N3O3. The normalized spacial score (nSPS) is 17.4. The molecule has 4 aromatic carbocycles. The Labute approximate surface area is 272 Å². The van der Waals surface area contributed by atoms with E-state index in [9.17, 15) is 22.8 Å². The zero-order valence-electron chi connectivity index (χ0n) is 26.2. The van der Waals surface area contributed by atoms with Crippen molar-refractivity contribution in [3.8, 4) is 22.6 Å². The lowest BCUT2D eigenvalue weighted by Gasteiger charge is -2.32. The van der Waals surface area contributed by atoms with Crippen LogP contribution in [-0.2, 0) is 10.2 Å². The molecule has 1 heterocycles. The van der Waals surface area contributed by atoms with Crippen LogP contribution in [0, 0.1) is 0 Å². The molecule has 0 radical (unpaired) electrons. The highest BCUT2D eigenvalue weighted by molar-refractivity contribution is 6.00. The number of carbonyl (C=O) groups excluding carboxylic acids is 2. The van der Waals surface area contributed by atoms with Crippen molar-refractivity contribution in [3.63, 3.8) is 0 Å². The summed E-state index contributed by atoms with van der Waals surface area (Å²) in [5.41, 5.74) is 2.51. The fourth-order valence-electron chi connectivity index (χ4n) is 7.06. The third-order valence-corrected chi connectivity index (χ3v) is 9.36. The summed E-state index contributed by atoms with van der Waals surface area (Å²) in [5.74, 6) is 0.322. The summed E-state index contributed by atoms with van der Waals surface area (Å²) in [6.07, 6.45) is -1.97. The quantitative estimate of drug-likeness (QED) is 0.178. The number of hydrogen-bond acceptors (Lipinski definition) is 4.